The summed E-state index contributed by atoms with van der Waals surface area (Å²) in [5, 5.41) is 12.2. The van der Waals surface area contributed by atoms with Crippen molar-refractivity contribution in [1.29, 1.82) is 0 Å². The standard InChI is InChI=1S/C10H20N2O5/c1-10(2,3)17-9(15)11-7(6-13)8(14)12(4)16-5/h7,13H,6H2,1-5H3,(H,11,15)/t7-/m0/s1. The topological polar surface area (TPSA) is 88.1 Å². The van der Waals surface area contributed by atoms with Gasteiger partial charge in [0.1, 0.15) is 11.6 Å². The number of carbonyl (C=O) groups excluding carboxylic acids is 2. The zero-order valence-corrected chi connectivity index (χ0v) is 10.8. The molecule has 0 unspecified atom stereocenters. The first-order valence-corrected chi connectivity index (χ1v) is 5.13. The van der Waals surface area contributed by atoms with Crippen molar-refractivity contribution in [2.75, 3.05) is 20.8 Å². The van der Waals surface area contributed by atoms with Gasteiger partial charge >= 0.3 is 6.09 Å². The van der Waals surface area contributed by atoms with Crippen LogP contribution in [-0.2, 0) is 14.4 Å². The lowest BCUT2D eigenvalue weighted by molar-refractivity contribution is -0.171. The lowest BCUT2D eigenvalue weighted by atomic mass is 10.2. The molecule has 0 heterocycles. The normalized spacial score (nSPS) is 12.8. The van der Waals surface area contributed by atoms with Gasteiger partial charge in [-0.1, -0.05) is 0 Å². The molecule has 0 aromatic rings. The molecule has 0 fully saturated rings. The summed E-state index contributed by atoms with van der Waals surface area (Å²) in [6, 6.07) is -1.09. The van der Waals surface area contributed by atoms with Gasteiger partial charge in [-0.2, -0.15) is 0 Å². The molecule has 0 bridgehead atoms. The Hall–Kier alpha value is -1.34. The summed E-state index contributed by atoms with van der Waals surface area (Å²) in [5.41, 5.74) is -0.666. The smallest absolute Gasteiger partial charge is 0.408 e. The van der Waals surface area contributed by atoms with E-state index < -0.39 is 30.3 Å². The molecule has 2 N–H and O–H groups in total. The average molecular weight is 248 g/mol. The second-order valence-corrected chi connectivity index (χ2v) is 4.40. The van der Waals surface area contributed by atoms with Crippen LogP contribution in [0.25, 0.3) is 0 Å². The Labute approximate surface area is 101 Å². The van der Waals surface area contributed by atoms with E-state index >= 15 is 0 Å². The summed E-state index contributed by atoms with van der Waals surface area (Å²) in [6.45, 7) is 4.56. The molecule has 100 valence electrons. The van der Waals surface area contributed by atoms with Crippen LogP contribution in [0.2, 0.25) is 0 Å². The molecule has 7 nitrogen and oxygen atoms in total. The van der Waals surface area contributed by atoms with E-state index in [9.17, 15) is 9.59 Å². The van der Waals surface area contributed by atoms with E-state index in [0.717, 1.165) is 5.06 Å². The lowest BCUT2D eigenvalue weighted by Crippen LogP contribution is -2.50. The monoisotopic (exact) mass is 248 g/mol. The molecule has 0 aromatic heterocycles. The molecule has 0 radical (unpaired) electrons. The molecule has 0 aliphatic carbocycles. The fourth-order valence-corrected chi connectivity index (χ4v) is 0.945. The number of hydroxylamine groups is 2. The van der Waals surface area contributed by atoms with Crippen LogP contribution in [0.1, 0.15) is 20.8 Å². The van der Waals surface area contributed by atoms with Crippen LogP contribution in [-0.4, -0.2) is 54.6 Å². The second-order valence-electron chi connectivity index (χ2n) is 4.40. The Balaban J connectivity index is 4.41. The van der Waals surface area contributed by atoms with E-state index in [0.29, 0.717) is 0 Å². The number of alkyl carbamates (subject to hydrolysis) is 1. The minimum absolute atomic E-state index is 0.536. The number of likely N-dealkylation sites (N-methyl/N-ethyl adjacent to an activating group) is 1. The fourth-order valence-electron chi connectivity index (χ4n) is 0.945. The zero-order chi connectivity index (χ0) is 13.6. The van der Waals surface area contributed by atoms with Crippen molar-refractivity contribution in [1.82, 2.24) is 10.4 Å². The van der Waals surface area contributed by atoms with Crippen molar-refractivity contribution in [3.8, 4) is 0 Å². The first kappa shape index (κ1) is 15.7. The molecule has 17 heavy (non-hydrogen) atoms. The Kier molecular flexibility index (Phi) is 5.90. The number of hydrogen-bond acceptors (Lipinski definition) is 5. The highest BCUT2D eigenvalue weighted by atomic mass is 16.7. The maximum Gasteiger partial charge on any atom is 0.408 e. The number of nitrogens with one attached hydrogen (secondary N) is 1. The van der Waals surface area contributed by atoms with Crippen LogP contribution in [0.4, 0.5) is 4.79 Å². The first-order valence-electron chi connectivity index (χ1n) is 5.13. The average Bonchev–Trinajstić information content (AvgIpc) is 2.21. The number of hydrogen-bond donors (Lipinski definition) is 2. The number of aliphatic hydroxyl groups is 1. The van der Waals surface area contributed by atoms with E-state index in [1.54, 1.807) is 20.8 Å². The second kappa shape index (κ2) is 6.41. The van der Waals surface area contributed by atoms with Crippen molar-refractivity contribution in [2.45, 2.75) is 32.4 Å². The summed E-state index contributed by atoms with van der Waals surface area (Å²) < 4.78 is 4.96. The van der Waals surface area contributed by atoms with Crippen molar-refractivity contribution in [3.63, 3.8) is 0 Å². The van der Waals surface area contributed by atoms with Crippen LogP contribution in [0.15, 0.2) is 0 Å². The van der Waals surface area contributed by atoms with Gasteiger partial charge < -0.3 is 15.2 Å². The van der Waals surface area contributed by atoms with E-state index in [1.807, 2.05) is 0 Å². The predicted molar refractivity (Wildman–Crippen MR) is 60.0 cm³/mol. The minimum Gasteiger partial charge on any atom is -0.444 e. The van der Waals surface area contributed by atoms with Gasteiger partial charge in [0.05, 0.1) is 13.7 Å². The van der Waals surface area contributed by atoms with Crippen molar-refractivity contribution < 1.29 is 24.3 Å². The number of ether oxygens (including phenoxy) is 1. The van der Waals surface area contributed by atoms with Gasteiger partial charge in [0, 0.05) is 7.05 Å². The number of nitrogens with zero attached hydrogens (tertiary/aromatic N) is 1. The molecule has 0 aliphatic heterocycles. The molecular weight excluding hydrogens is 228 g/mol. The molecule has 0 rings (SSSR count). The van der Waals surface area contributed by atoms with Gasteiger partial charge in [0.15, 0.2) is 0 Å². The summed E-state index contributed by atoms with van der Waals surface area (Å²) in [7, 11) is 2.68. The molecule has 0 saturated carbocycles. The van der Waals surface area contributed by atoms with Crippen molar-refractivity contribution in [2.24, 2.45) is 0 Å². The van der Waals surface area contributed by atoms with E-state index in [1.165, 1.54) is 14.2 Å². The third kappa shape index (κ3) is 6.08. The first-order chi connectivity index (χ1) is 7.71. The number of aliphatic hydroxyl groups excluding tert-OH is 1. The van der Waals surface area contributed by atoms with E-state index in [2.05, 4.69) is 10.2 Å². The summed E-state index contributed by atoms with van der Waals surface area (Å²) >= 11 is 0. The maximum absolute atomic E-state index is 11.6. The molecule has 0 spiro atoms. The molecule has 0 aliphatic rings. The summed E-state index contributed by atoms with van der Waals surface area (Å²) in [6.07, 6.45) is -0.769. The van der Waals surface area contributed by atoms with E-state index in [4.69, 9.17) is 9.84 Å². The van der Waals surface area contributed by atoms with Gasteiger partial charge in [-0.15, -0.1) is 0 Å². The predicted octanol–water partition coefficient (Wildman–Crippen LogP) is -0.108. The van der Waals surface area contributed by atoms with Gasteiger partial charge in [0.25, 0.3) is 5.91 Å². The Bertz CT molecular complexity index is 274. The van der Waals surface area contributed by atoms with Crippen LogP contribution >= 0.6 is 0 Å². The highest BCUT2D eigenvalue weighted by molar-refractivity contribution is 5.85. The van der Waals surface area contributed by atoms with E-state index in [-0.39, 0.29) is 0 Å². The third-order valence-electron chi connectivity index (χ3n) is 1.76. The molecule has 0 saturated heterocycles. The lowest BCUT2D eigenvalue weighted by Gasteiger charge is -2.24. The minimum atomic E-state index is -1.09. The largest absolute Gasteiger partial charge is 0.444 e. The Morgan fingerprint density at radius 1 is 1.41 bits per heavy atom. The Morgan fingerprint density at radius 2 is 1.94 bits per heavy atom. The maximum atomic E-state index is 11.6. The number of rotatable bonds is 4. The van der Waals surface area contributed by atoms with Crippen LogP contribution < -0.4 is 5.32 Å². The van der Waals surface area contributed by atoms with Crippen LogP contribution in [0.5, 0.6) is 0 Å². The van der Waals surface area contributed by atoms with Gasteiger partial charge in [-0.3, -0.25) is 9.63 Å². The van der Waals surface area contributed by atoms with Gasteiger partial charge in [0.2, 0.25) is 0 Å². The van der Waals surface area contributed by atoms with Crippen molar-refractivity contribution in [3.05, 3.63) is 0 Å². The zero-order valence-electron chi connectivity index (χ0n) is 10.8. The molecule has 7 heteroatoms. The highest BCUT2D eigenvalue weighted by Gasteiger charge is 2.26. The van der Waals surface area contributed by atoms with Gasteiger partial charge in [-0.05, 0) is 20.8 Å². The number of carbonyl (C=O) groups is 2. The number of amides is 2. The highest BCUT2D eigenvalue weighted by Crippen LogP contribution is 2.07. The quantitative estimate of drug-likeness (QED) is 0.678. The molecule has 2 amide bonds. The van der Waals surface area contributed by atoms with Gasteiger partial charge in [-0.25, -0.2) is 9.86 Å². The van der Waals surface area contributed by atoms with Crippen molar-refractivity contribution >= 4 is 12.0 Å². The van der Waals surface area contributed by atoms with Crippen LogP contribution in [0, 0.1) is 0 Å². The summed E-state index contributed by atoms with van der Waals surface area (Å²) in [4.78, 5) is 27.6. The molecule has 0 aromatic carbocycles. The Morgan fingerprint density at radius 3 is 2.29 bits per heavy atom. The SMILES string of the molecule is CON(C)C(=O)[C@H](CO)NC(=O)OC(C)(C)C. The molecular formula is C10H20N2O5. The molecule has 1 atom stereocenters. The third-order valence-corrected chi connectivity index (χ3v) is 1.76. The summed E-state index contributed by atoms with van der Waals surface area (Å²) in [5.74, 6) is -0.569. The fraction of sp³-hybridized carbons (Fsp3) is 0.800. The van der Waals surface area contributed by atoms with Crippen LogP contribution in [0.3, 0.4) is 0 Å².